The van der Waals surface area contributed by atoms with Crippen LogP contribution in [-0.4, -0.2) is 48.2 Å². The average molecular weight is 435 g/mol. The molecule has 8 heteroatoms. The van der Waals surface area contributed by atoms with Gasteiger partial charge in [0.1, 0.15) is 5.75 Å². The molecule has 0 aromatic heterocycles. The van der Waals surface area contributed by atoms with E-state index in [4.69, 9.17) is 9.47 Å². The molecule has 2 N–H and O–H groups in total. The highest BCUT2D eigenvalue weighted by molar-refractivity contribution is 6.14. The molecule has 0 unspecified atom stereocenters. The molecule has 0 aliphatic rings. The lowest BCUT2D eigenvalue weighted by Gasteiger charge is -2.20. The number of rotatable bonds is 5. The van der Waals surface area contributed by atoms with Gasteiger partial charge in [0.2, 0.25) is 5.90 Å². The van der Waals surface area contributed by atoms with Gasteiger partial charge in [-0.05, 0) is 36.4 Å². The minimum Gasteiger partial charge on any atom is -0.481 e. The van der Waals surface area contributed by atoms with Gasteiger partial charge in [0, 0.05) is 12.4 Å². The van der Waals surface area contributed by atoms with E-state index in [-0.39, 0.29) is 39.5 Å². The maximum absolute atomic E-state index is 13.3. The highest BCUT2D eigenvalue weighted by atomic mass is 16.5. The fourth-order valence-corrected chi connectivity index (χ4v) is 3.80. The number of hydrogen-bond donors (Lipinski definition) is 2. The summed E-state index contributed by atoms with van der Waals surface area (Å²) in [6.07, 6.45) is 0. The molecule has 0 saturated heterocycles. The number of nitrogens with zero attached hydrogens (tertiary/aromatic N) is 1. The third-order valence-corrected chi connectivity index (χ3v) is 5.19. The van der Waals surface area contributed by atoms with Crippen molar-refractivity contribution in [2.24, 2.45) is 4.99 Å². The first-order valence-corrected chi connectivity index (χ1v) is 9.57. The Balaban J connectivity index is 2.30. The summed E-state index contributed by atoms with van der Waals surface area (Å²) in [6.45, 7) is 2.77. The Morgan fingerprint density at radius 3 is 1.97 bits per heavy atom. The van der Waals surface area contributed by atoms with Crippen molar-refractivity contribution in [3.05, 3.63) is 75.8 Å². The number of ether oxygens (including phenoxy) is 2. The SMILES string of the molecule is CN=C(OC)c1c(C)c(C(=O)Oc2cccc3ccccc23)c(C(=O)O)c(C)c1C(=O)O. The van der Waals surface area contributed by atoms with Crippen LogP contribution in [0.4, 0.5) is 0 Å². The quantitative estimate of drug-likeness (QED) is 0.268. The first-order chi connectivity index (χ1) is 15.2. The van der Waals surface area contributed by atoms with E-state index in [9.17, 15) is 24.6 Å². The third-order valence-electron chi connectivity index (χ3n) is 5.19. The molecular weight excluding hydrogens is 414 g/mol. The van der Waals surface area contributed by atoms with Crippen LogP contribution in [0.25, 0.3) is 10.8 Å². The van der Waals surface area contributed by atoms with Crippen molar-refractivity contribution in [3.63, 3.8) is 0 Å². The predicted molar refractivity (Wildman–Crippen MR) is 118 cm³/mol. The number of carboxylic acids is 2. The first kappa shape index (κ1) is 22.5. The molecule has 0 bridgehead atoms. The smallest absolute Gasteiger partial charge is 0.344 e. The molecular formula is C24H21NO7. The molecule has 0 radical (unpaired) electrons. The van der Waals surface area contributed by atoms with Gasteiger partial charge in [-0.15, -0.1) is 0 Å². The molecule has 0 saturated carbocycles. The van der Waals surface area contributed by atoms with E-state index in [1.54, 1.807) is 24.3 Å². The van der Waals surface area contributed by atoms with E-state index in [1.807, 2.05) is 18.2 Å². The number of methoxy groups -OCH3 is 1. The second-order valence-electron chi connectivity index (χ2n) is 6.96. The molecule has 8 nitrogen and oxygen atoms in total. The topological polar surface area (TPSA) is 122 Å². The molecule has 0 fully saturated rings. The van der Waals surface area contributed by atoms with Crippen molar-refractivity contribution in [1.29, 1.82) is 0 Å². The van der Waals surface area contributed by atoms with Gasteiger partial charge in [0.15, 0.2) is 0 Å². The lowest BCUT2D eigenvalue weighted by Crippen LogP contribution is -2.24. The summed E-state index contributed by atoms with van der Waals surface area (Å²) in [4.78, 5) is 41.3. The monoisotopic (exact) mass is 435 g/mol. The lowest BCUT2D eigenvalue weighted by molar-refractivity contribution is 0.0664. The Morgan fingerprint density at radius 2 is 1.38 bits per heavy atom. The first-order valence-electron chi connectivity index (χ1n) is 9.57. The van der Waals surface area contributed by atoms with Gasteiger partial charge >= 0.3 is 17.9 Å². The maximum atomic E-state index is 13.3. The van der Waals surface area contributed by atoms with Crippen molar-refractivity contribution in [3.8, 4) is 5.75 Å². The van der Waals surface area contributed by atoms with Crippen LogP contribution in [-0.2, 0) is 4.74 Å². The van der Waals surface area contributed by atoms with Crippen molar-refractivity contribution in [1.82, 2.24) is 0 Å². The summed E-state index contributed by atoms with van der Waals surface area (Å²) in [6, 6.07) is 12.4. The number of aliphatic imine (C=N–C) groups is 1. The van der Waals surface area contributed by atoms with Crippen LogP contribution in [0.1, 0.15) is 47.8 Å². The summed E-state index contributed by atoms with van der Waals surface area (Å²) in [5.41, 5.74) is -1.01. The minimum absolute atomic E-state index is 0.0230. The van der Waals surface area contributed by atoms with Gasteiger partial charge in [-0.2, -0.15) is 0 Å². The van der Waals surface area contributed by atoms with Crippen LogP contribution >= 0.6 is 0 Å². The largest absolute Gasteiger partial charge is 0.481 e. The zero-order chi connectivity index (χ0) is 23.6. The van der Waals surface area contributed by atoms with Gasteiger partial charge in [0.25, 0.3) is 0 Å². The lowest BCUT2D eigenvalue weighted by atomic mass is 9.87. The van der Waals surface area contributed by atoms with E-state index >= 15 is 0 Å². The fourth-order valence-electron chi connectivity index (χ4n) is 3.80. The maximum Gasteiger partial charge on any atom is 0.344 e. The molecule has 0 aliphatic heterocycles. The Labute approximate surface area is 183 Å². The molecule has 0 atom stereocenters. The number of aromatic carboxylic acids is 2. The third kappa shape index (κ3) is 3.78. The van der Waals surface area contributed by atoms with E-state index in [0.717, 1.165) is 5.39 Å². The normalized spacial score (nSPS) is 11.3. The van der Waals surface area contributed by atoms with Crippen LogP contribution in [0.5, 0.6) is 5.75 Å². The Kier molecular flexibility index (Phi) is 6.25. The summed E-state index contributed by atoms with van der Waals surface area (Å²) in [5, 5.41) is 21.1. The Hall–Kier alpha value is -4.20. The molecule has 3 rings (SSSR count). The van der Waals surface area contributed by atoms with Gasteiger partial charge < -0.3 is 19.7 Å². The van der Waals surface area contributed by atoms with Crippen LogP contribution in [0.3, 0.4) is 0 Å². The molecule has 3 aromatic carbocycles. The second kappa shape index (κ2) is 8.89. The minimum atomic E-state index is -1.45. The molecule has 0 amide bonds. The molecule has 32 heavy (non-hydrogen) atoms. The Morgan fingerprint density at radius 1 is 0.812 bits per heavy atom. The number of esters is 1. The molecule has 3 aromatic rings. The summed E-state index contributed by atoms with van der Waals surface area (Å²) in [5.74, 6) is -3.53. The van der Waals surface area contributed by atoms with Crippen molar-refractivity contribution in [2.45, 2.75) is 13.8 Å². The zero-order valence-electron chi connectivity index (χ0n) is 17.9. The van der Waals surface area contributed by atoms with E-state index < -0.39 is 23.5 Å². The van der Waals surface area contributed by atoms with Gasteiger partial charge in [-0.1, -0.05) is 36.4 Å². The second-order valence-corrected chi connectivity index (χ2v) is 6.96. The summed E-state index contributed by atoms with van der Waals surface area (Å²) < 4.78 is 10.8. The molecule has 0 spiro atoms. The number of fused-ring (bicyclic) bond motifs is 1. The highest BCUT2D eigenvalue weighted by Gasteiger charge is 2.33. The Bertz CT molecular complexity index is 1290. The van der Waals surface area contributed by atoms with Gasteiger partial charge in [-0.25, -0.2) is 14.4 Å². The van der Waals surface area contributed by atoms with Gasteiger partial charge in [-0.3, -0.25) is 4.99 Å². The standard InChI is InChI=1S/C24H21NO7/c1-12-17(21(25-3)31-4)18(22(26)27)13(2)19(23(28)29)20(12)24(30)32-16-11-7-9-14-8-5-6-10-15(14)16/h5-11H,1-4H3,(H,26,27)(H,28,29). The van der Waals surface area contributed by atoms with Crippen LogP contribution in [0.15, 0.2) is 47.5 Å². The fraction of sp³-hybridized carbons (Fsp3) is 0.167. The van der Waals surface area contributed by atoms with E-state index in [2.05, 4.69) is 4.99 Å². The van der Waals surface area contributed by atoms with Crippen molar-refractivity contribution < 1.29 is 34.1 Å². The zero-order valence-corrected chi connectivity index (χ0v) is 17.9. The van der Waals surface area contributed by atoms with Crippen molar-refractivity contribution in [2.75, 3.05) is 14.2 Å². The molecule has 164 valence electrons. The molecule has 0 heterocycles. The highest BCUT2D eigenvalue weighted by Crippen LogP contribution is 2.32. The number of carbonyl (C=O) groups excluding carboxylic acids is 1. The van der Waals surface area contributed by atoms with E-state index in [1.165, 1.54) is 28.0 Å². The van der Waals surface area contributed by atoms with Gasteiger partial charge in [0.05, 0.1) is 29.4 Å². The number of hydrogen-bond acceptors (Lipinski definition) is 6. The summed E-state index contributed by atoms with van der Waals surface area (Å²) in [7, 11) is 2.71. The number of carboxylic acid groups (broad SMARTS) is 2. The molecule has 0 aliphatic carbocycles. The van der Waals surface area contributed by atoms with Crippen LogP contribution in [0, 0.1) is 13.8 Å². The summed E-state index contributed by atoms with van der Waals surface area (Å²) >= 11 is 0. The van der Waals surface area contributed by atoms with Crippen molar-refractivity contribution >= 4 is 34.6 Å². The predicted octanol–water partition coefficient (Wildman–Crippen LogP) is 4.10. The van der Waals surface area contributed by atoms with Crippen LogP contribution < -0.4 is 4.74 Å². The van der Waals surface area contributed by atoms with E-state index in [0.29, 0.717) is 5.39 Å². The number of carbonyl (C=O) groups is 3. The average Bonchev–Trinajstić information content (AvgIpc) is 2.76. The number of benzene rings is 3. The van der Waals surface area contributed by atoms with Crippen LogP contribution in [0.2, 0.25) is 0 Å².